The molecule has 0 aliphatic carbocycles. The maximum Gasteiger partial charge on any atom is 0.280 e. The second-order valence-corrected chi connectivity index (χ2v) is 6.89. The summed E-state index contributed by atoms with van der Waals surface area (Å²) in [5, 5.41) is 10.7. The Morgan fingerprint density at radius 1 is 1.12 bits per heavy atom. The first kappa shape index (κ1) is 20.9. The number of nitrogens with one attached hydrogen (secondary N) is 1. The minimum Gasteiger partial charge on any atom is -0.497 e. The van der Waals surface area contributed by atoms with Crippen molar-refractivity contribution < 1.29 is 18.7 Å². The normalized spacial score (nSPS) is 10.7. The van der Waals surface area contributed by atoms with E-state index in [0.717, 1.165) is 11.3 Å². The number of ether oxygens (including phenoxy) is 2. The van der Waals surface area contributed by atoms with E-state index in [-0.39, 0.29) is 18.1 Å². The molecule has 2 aromatic carbocycles. The number of rotatable bonds is 7. The molecule has 164 valence electrons. The number of nitrogen functional groups attached to an aromatic ring is 1. The molecule has 0 saturated carbocycles. The van der Waals surface area contributed by atoms with Gasteiger partial charge in [0, 0.05) is 5.56 Å². The summed E-state index contributed by atoms with van der Waals surface area (Å²) in [6, 6.07) is 14.4. The summed E-state index contributed by atoms with van der Waals surface area (Å²) in [5.74, 6) is 1.97. The molecule has 0 saturated heterocycles. The van der Waals surface area contributed by atoms with Crippen LogP contribution in [0.2, 0.25) is 0 Å². The largest absolute Gasteiger partial charge is 0.497 e. The summed E-state index contributed by atoms with van der Waals surface area (Å²) >= 11 is 0. The predicted octanol–water partition coefficient (Wildman–Crippen LogP) is 3.14. The fourth-order valence-electron chi connectivity index (χ4n) is 3.10. The number of carbonyl (C=O) groups is 1. The topological polar surface area (TPSA) is 130 Å². The van der Waals surface area contributed by atoms with Crippen LogP contribution in [0.3, 0.4) is 0 Å². The average Bonchev–Trinajstić information content (AvgIpc) is 3.37. The SMILES string of the molecule is COc1ccc(-c2nc(Cn3nnc(C(=O)Nc4ccccc4OC)c3N)c(C)o2)cc1. The third-order valence-corrected chi connectivity index (χ3v) is 4.87. The number of amides is 1. The van der Waals surface area contributed by atoms with Crippen LogP contribution in [-0.4, -0.2) is 40.1 Å². The van der Waals surface area contributed by atoms with Crippen LogP contribution in [0.25, 0.3) is 11.5 Å². The maximum atomic E-state index is 12.7. The van der Waals surface area contributed by atoms with Crippen LogP contribution >= 0.6 is 0 Å². The van der Waals surface area contributed by atoms with Gasteiger partial charge in [-0.15, -0.1) is 5.10 Å². The Bertz CT molecular complexity index is 1250. The van der Waals surface area contributed by atoms with Gasteiger partial charge in [0.15, 0.2) is 11.5 Å². The number of aromatic nitrogens is 4. The van der Waals surface area contributed by atoms with E-state index in [1.54, 1.807) is 38.3 Å². The number of nitrogens with zero attached hydrogens (tertiary/aromatic N) is 4. The number of carbonyl (C=O) groups excluding carboxylic acids is 1. The van der Waals surface area contributed by atoms with Crippen LogP contribution in [0, 0.1) is 6.92 Å². The lowest BCUT2D eigenvalue weighted by Crippen LogP contribution is -2.16. The smallest absolute Gasteiger partial charge is 0.280 e. The van der Waals surface area contributed by atoms with Gasteiger partial charge in [-0.1, -0.05) is 17.3 Å². The molecule has 0 unspecified atom stereocenters. The van der Waals surface area contributed by atoms with Gasteiger partial charge in [0.1, 0.15) is 23.0 Å². The van der Waals surface area contributed by atoms with Crippen molar-refractivity contribution in [2.75, 3.05) is 25.3 Å². The lowest BCUT2D eigenvalue weighted by Gasteiger charge is -2.08. The van der Waals surface area contributed by atoms with Crippen molar-refractivity contribution in [3.05, 3.63) is 65.7 Å². The quantitative estimate of drug-likeness (QED) is 0.454. The van der Waals surface area contributed by atoms with Crippen molar-refractivity contribution in [3.63, 3.8) is 0 Å². The Morgan fingerprint density at radius 3 is 2.59 bits per heavy atom. The third kappa shape index (κ3) is 4.10. The fourth-order valence-corrected chi connectivity index (χ4v) is 3.10. The lowest BCUT2D eigenvalue weighted by molar-refractivity contribution is 0.102. The molecule has 0 aliphatic rings. The van der Waals surface area contributed by atoms with Gasteiger partial charge < -0.3 is 24.9 Å². The first-order valence-corrected chi connectivity index (χ1v) is 9.74. The summed E-state index contributed by atoms with van der Waals surface area (Å²) in [5.41, 5.74) is 8.10. The van der Waals surface area contributed by atoms with Crippen molar-refractivity contribution in [2.24, 2.45) is 0 Å². The van der Waals surface area contributed by atoms with Crippen molar-refractivity contribution in [3.8, 4) is 23.0 Å². The molecule has 4 aromatic rings. The van der Waals surface area contributed by atoms with Gasteiger partial charge in [0.05, 0.1) is 26.5 Å². The molecule has 0 radical (unpaired) electrons. The van der Waals surface area contributed by atoms with Crippen molar-refractivity contribution >= 4 is 17.4 Å². The van der Waals surface area contributed by atoms with Crippen LogP contribution in [0.15, 0.2) is 52.9 Å². The van der Waals surface area contributed by atoms with E-state index in [4.69, 9.17) is 19.6 Å². The van der Waals surface area contributed by atoms with E-state index in [9.17, 15) is 4.79 Å². The Morgan fingerprint density at radius 2 is 1.88 bits per heavy atom. The number of methoxy groups -OCH3 is 2. The van der Waals surface area contributed by atoms with E-state index in [2.05, 4.69) is 20.6 Å². The molecule has 3 N–H and O–H groups in total. The zero-order valence-electron chi connectivity index (χ0n) is 17.8. The minimum atomic E-state index is -0.492. The van der Waals surface area contributed by atoms with Gasteiger partial charge in [-0.05, 0) is 43.3 Å². The molecular weight excluding hydrogens is 412 g/mol. The highest BCUT2D eigenvalue weighted by atomic mass is 16.5. The van der Waals surface area contributed by atoms with Gasteiger partial charge >= 0.3 is 0 Å². The molecule has 0 spiro atoms. The van der Waals surface area contributed by atoms with Crippen molar-refractivity contribution in [2.45, 2.75) is 13.5 Å². The number of benzene rings is 2. The fraction of sp³-hybridized carbons (Fsp3) is 0.182. The summed E-state index contributed by atoms with van der Waals surface area (Å²) in [6.45, 7) is 2.00. The molecular formula is C22H22N6O4. The number of aryl methyl sites for hydroxylation is 1. The van der Waals surface area contributed by atoms with Crippen molar-refractivity contribution in [1.82, 2.24) is 20.0 Å². The molecule has 0 fully saturated rings. The van der Waals surface area contributed by atoms with Gasteiger partial charge in [-0.2, -0.15) is 0 Å². The predicted molar refractivity (Wildman–Crippen MR) is 118 cm³/mol. The number of para-hydroxylation sites is 2. The standard InChI is InChI=1S/C22H22N6O4/c1-13-17(25-22(32-13)14-8-10-15(30-2)11-9-14)12-28-20(23)19(26-27-28)21(29)24-16-6-4-5-7-18(16)31-3/h4-11H,12,23H2,1-3H3,(H,24,29). The molecule has 0 bridgehead atoms. The van der Waals surface area contributed by atoms with E-state index in [0.29, 0.717) is 28.8 Å². The van der Waals surface area contributed by atoms with Crippen LogP contribution in [-0.2, 0) is 6.54 Å². The highest BCUT2D eigenvalue weighted by Gasteiger charge is 2.21. The van der Waals surface area contributed by atoms with Gasteiger partial charge in [0.2, 0.25) is 5.89 Å². The van der Waals surface area contributed by atoms with Crippen LogP contribution in [0.5, 0.6) is 11.5 Å². The zero-order chi connectivity index (χ0) is 22.7. The molecule has 0 atom stereocenters. The highest BCUT2D eigenvalue weighted by molar-refractivity contribution is 6.06. The zero-order valence-corrected chi connectivity index (χ0v) is 17.8. The second-order valence-electron chi connectivity index (χ2n) is 6.89. The Kier molecular flexibility index (Phi) is 5.75. The Balaban J connectivity index is 1.52. The lowest BCUT2D eigenvalue weighted by atomic mass is 10.2. The van der Waals surface area contributed by atoms with Crippen molar-refractivity contribution in [1.29, 1.82) is 0 Å². The van der Waals surface area contributed by atoms with E-state index in [1.807, 2.05) is 24.3 Å². The third-order valence-electron chi connectivity index (χ3n) is 4.87. The van der Waals surface area contributed by atoms with Gasteiger partial charge in [-0.3, -0.25) is 4.79 Å². The summed E-state index contributed by atoms with van der Waals surface area (Å²) in [7, 11) is 3.13. The molecule has 0 aliphatic heterocycles. The molecule has 2 aromatic heterocycles. The molecule has 1 amide bonds. The summed E-state index contributed by atoms with van der Waals surface area (Å²) < 4.78 is 17.6. The van der Waals surface area contributed by atoms with Crippen LogP contribution < -0.4 is 20.5 Å². The first-order chi connectivity index (χ1) is 15.5. The van der Waals surface area contributed by atoms with E-state index in [1.165, 1.54) is 11.8 Å². The molecule has 10 heteroatoms. The highest BCUT2D eigenvalue weighted by Crippen LogP contribution is 2.26. The number of nitrogens with two attached hydrogens (primary N) is 1. The minimum absolute atomic E-state index is 0.00688. The van der Waals surface area contributed by atoms with Crippen LogP contribution in [0.4, 0.5) is 11.5 Å². The van der Waals surface area contributed by atoms with Gasteiger partial charge in [0.25, 0.3) is 5.91 Å². The number of anilines is 2. The van der Waals surface area contributed by atoms with Crippen LogP contribution in [0.1, 0.15) is 21.9 Å². The van der Waals surface area contributed by atoms with E-state index < -0.39 is 5.91 Å². The maximum absolute atomic E-state index is 12.7. The number of hydrogen-bond donors (Lipinski definition) is 2. The number of hydrogen-bond acceptors (Lipinski definition) is 8. The average molecular weight is 434 g/mol. The second kappa shape index (κ2) is 8.80. The molecule has 32 heavy (non-hydrogen) atoms. The first-order valence-electron chi connectivity index (χ1n) is 9.74. The number of oxazole rings is 1. The Hall–Kier alpha value is -4.34. The molecule has 10 nitrogen and oxygen atoms in total. The molecule has 4 rings (SSSR count). The summed E-state index contributed by atoms with van der Waals surface area (Å²) in [6.07, 6.45) is 0. The summed E-state index contributed by atoms with van der Waals surface area (Å²) in [4.78, 5) is 17.2. The monoisotopic (exact) mass is 434 g/mol. The Labute approximate surface area is 184 Å². The molecule has 2 heterocycles. The van der Waals surface area contributed by atoms with Gasteiger partial charge in [-0.25, -0.2) is 9.67 Å². The van der Waals surface area contributed by atoms with E-state index >= 15 is 0 Å².